The molecular formula is C23H22Cl2F2N2O5. The number of carbonyl (C=O) groups is 2. The monoisotopic (exact) mass is 514 g/mol. The van der Waals surface area contributed by atoms with E-state index >= 15 is 0 Å². The zero-order valence-electron chi connectivity index (χ0n) is 17.8. The molecular weight excluding hydrogens is 493 g/mol. The lowest BCUT2D eigenvalue weighted by Crippen LogP contribution is -2.45. The molecule has 2 atom stereocenters. The van der Waals surface area contributed by atoms with E-state index in [9.17, 15) is 23.5 Å². The van der Waals surface area contributed by atoms with Gasteiger partial charge in [0.05, 0.1) is 12.6 Å². The third kappa shape index (κ3) is 6.43. The van der Waals surface area contributed by atoms with E-state index in [0.717, 1.165) is 18.2 Å². The first-order chi connectivity index (χ1) is 16.1. The predicted molar refractivity (Wildman–Crippen MR) is 121 cm³/mol. The number of pyridine rings is 1. The highest BCUT2D eigenvalue weighted by Gasteiger charge is 2.40. The van der Waals surface area contributed by atoms with Gasteiger partial charge in [0.1, 0.15) is 11.8 Å². The Bertz CT molecular complexity index is 1060. The summed E-state index contributed by atoms with van der Waals surface area (Å²) in [6.45, 7) is 0.339. The number of hydrogen-bond acceptors (Lipinski definition) is 5. The summed E-state index contributed by atoms with van der Waals surface area (Å²) in [6, 6.07) is 7.45. The number of halogens is 4. The summed E-state index contributed by atoms with van der Waals surface area (Å²) in [6.07, 6.45) is 0.723. The van der Waals surface area contributed by atoms with Gasteiger partial charge in [-0.3, -0.25) is 0 Å². The second-order valence-electron chi connectivity index (χ2n) is 7.70. The topological polar surface area (TPSA) is 100.0 Å². The number of nitrogens with zero attached hydrogens (tertiary/aromatic N) is 2. The second kappa shape index (κ2) is 11.1. The first-order valence-electron chi connectivity index (χ1n) is 10.4. The lowest BCUT2D eigenvalue weighted by Gasteiger charge is -2.33. The van der Waals surface area contributed by atoms with Crippen molar-refractivity contribution in [3.8, 4) is 0 Å². The summed E-state index contributed by atoms with van der Waals surface area (Å²) in [5.41, 5.74) is -0.0580. The van der Waals surface area contributed by atoms with Crippen LogP contribution in [0.25, 0.3) is 0 Å². The number of alkyl halides is 2. The maximum Gasteiger partial charge on any atom is 0.410 e. The highest BCUT2D eigenvalue weighted by molar-refractivity contribution is 6.34. The van der Waals surface area contributed by atoms with Gasteiger partial charge in [-0.1, -0.05) is 41.4 Å². The number of rotatable bonds is 9. The maximum atomic E-state index is 14.7. The van der Waals surface area contributed by atoms with E-state index in [1.165, 1.54) is 23.1 Å². The van der Waals surface area contributed by atoms with Gasteiger partial charge in [-0.25, -0.2) is 14.6 Å². The van der Waals surface area contributed by atoms with Crippen LogP contribution < -0.4 is 0 Å². The number of carboxylic acids is 1. The van der Waals surface area contributed by atoms with Crippen LogP contribution in [-0.4, -0.2) is 57.5 Å². The maximum absolute atomic E-state index is 14.7. The third-order valence-corrected chi connectivity index (χ3v) is 5.70. The minimum absolute atomic E-state index is 0.0166. The number of amides is 1. The average molecular weight is 515 g/mol. The molecule has 1 aliphatic rings. The number of carbonyl (C=O) groups excluding carboxylic acids is 1. The van der Waals surface area contributed by atoms with E-state index in [1.807, 2.05) is 0 Å². The minimum Gasteiger partial charge on any atom is -0.477 e. The Balaban J connectivity index is 1.66. The average Bonchev–Trinajstić information content (AvgIpc) is 2.78. The molecule has 1 aliphatic heterocycles. The van der Waals surface area contributed by atoms with E-state index in [2.05, 4.69) is 4.98 Å². The summed E-state index contributed by atoms with van der Waals surface area (Å²) in [5, 5.41) is 19.3. The van der Waals surface area contributed by atoms with E-state index in [4.69, 9.17) is 33.0 Å². The van der Waals surface area contributed by atoms with Gasteiger partial charge in [0, 0.05) is 34.3 Å². The Morgan fingerprint density at radius 2 is 2.00 bits per heavy atom. The molecule has 2 heterocycles. The standard InChI is InChI=1S/C23H22Cl2F2N2O5/c24-15-11-14(12-16(25)13-15)23(26,27)20(30)7-6-18-8-10-34-22(33)29(18)9-2-4-17-3-1-5-19(28-17)21(31)32/h1,3,5-7,11-13,18,20,30H,2,4,8-10H2,(H,31,32)/t18-,20+/m0/s1. The third-order valence-electron chi connectivity index (χ3n) is 5.27. The summed E-state index contributed by atoms with van der Waals surface area (Å²) in [4.78, 5) is 28.7. The Kier molecular flexibility index (Phi) is 8.46. The number of ether oxygens (including phenoxy) is 1. The van der Waals surface area contributed by atoms with Gasteiger partial charge >= 0.3 is 18.0 Å². The van der Waals surface area contributed by atoms with Crippen LogP contribution in [0.3, 0.4) is 0 Å². The summed E-state index contributed by atoms with van der Waals surface area (Å²) in [5.74, 6) is -4.80. The van der Waals surface area contributed by atoms with Crippen LogP contribution in [0, 0.1) is 0 Å². The van der Waals surface area contributed by atoms with Crippen LogP contribution in [0.5, 0.6) is 0 Å². The minimum atomic E-state index is -3.66. The van der Waals surface area contributed by atoms with Crippen molar-refractivity contribution in [2.45, 2.75) is 37.3 Å². The Morgan fingerprint density at radius 1 is 1.29 bits per heavy atom. The molecule has 3 rings (SSSR count). The normalized spacial score (nSPS) is 17.6. The van der Waals surface area contributed by atoms with E-state index < -0.39 is 35.7 Å². The summed E-state index contributed by atoms with van der Waals surface area (Å²) in [7, 11) is 0. The molecule has 1 amide bonds. The predicted octanol–water partition coefficient (Wildman–Crippen LogP) is 4.94. The zero-order chi connectivity index (χ0) is 24.9. The molecule has 34 heavy (non-hydrogen) atoms. The molecule has 1 aromatic heterocycles. The lowest BCUT2D eigenvalue weighted by atomic mass is 10.0. The molecule has 1 fully saturated rings. The fourth-order valence-corrected chi connectivity index (χ4v) is 4.06. The molecule has 0 unspecified atom stereocenters. The molecule has 0 aliphatic carbocycles. The van der Waals surface area contributed by atoms with Gasteiger partial charge in [0.2, 0.25) is 0 Å². The van der Waals surface area contributed by atoms with E-state index in [0.29, 0.717) is 25.0 Å². The number of aliphatic hydroxyl groups is 1. The SMILES string of the molecule is O=C(O)c1cccc(CCCN2C(=O)OCC[C@@H]2C=C[C@@H](O)C(F)(F)c2cc(Cl)cc(Cl)c2)n1. The van der Waals surface area contributed by atoms with Crippen molar-refractivity contribution in [1.29, 1.82) is 0 Å². The quantitative estimate of drug-likeness (QED) is 0.459. The fourth-order valence-electron chi connectivity index (χ4n) is 3.54. The van der Waals surface area contributed by atoms with Crippen molar-refractivity contribution < 1.29 is 33.3 Å². The second-order valence-corrected chi connectivity index (χ2v) is 8.57. The lowest BCUT2D eigenvalue weighted by molar-refractivity contribution is -0.0929. The van der Waals surface area contributed by atoms with Crippen LogP contribution in [0.2, 0.25) is 10.0 Å². The smallest absolute Gasteiger partial charge is 0.410 e. The molecule has 2 N–H and O–H groups in total. The van der Waals surface area contributed by atoms with Crippen LogP contribution >= 0.6 is 23.2 Å². The Hall–Kier alpha value is -2.75. The molecule has 0 radical (unpaired) electrons. The van der Waals surface area contributed by atoms with Crippen molar-refractivity contribution in [3.63, 3.8) is 0 Å². The van der Waals surface area contributed by atoms with Crippen LogP contribution in [0.4, 0.5) is 13.6 Å². The first-order valence-corrected chi connectivity index (χ1v) is 11.2. The van der Waals surface area contributed by atoms with Crippen LogP contribution in [-0.2, 0) is 17.1 Å². The molecule has 2 aromatic rings. The fraction of sp³-hybridized carbons (Fsp3) is 0.348. The van der Waals surface area contributed by atoms with Gasteiger partial charge in [-0.2, -0.15) is 8.78 Å². The van der Waals surface area contributed by atoms with Gasteiger partial charge < -0.3 is 19.8 Å². The highest BCUT2D eigenvalue weighted by atomic mass is 35.5. The number of aromatic carboxylic acids is 1. The molecule has 0 saturated carbocycles. The number of hydrogen-bond donors (Lipinski definition) is 2. The van der Waals surface area contributed by atoms with Gasteiger partial charge in [-0.15, -0.1) is 0 Å². The molecule has 0 bridgehead atoms. The zero-order valence-corrected chi connectivity index (χ0v) is 19.3. The van der Waals surface area contributed by atoms with Crippen molar-refractivity contribution in [1.82, 2.24) is 9.88 Å². The van der Waals surface area contributed by atoms with Crippen molar-refractivity contribution in [2.24, 2.45) is 0 Å². The Morgan fingerprint density at radius 3 is 2.68 bits per heavy atom. The van der Waals surface area contributed by atoms with Gasteiger partial charge in [0.15, 0.2) is 0 Å². The number of carboxylic acid groups (broad SMARTS) is 1. The molecule has 1 aromatic carbocycles. The van der Waals surface area contributed by atoms with Crippen LogP contribution in [0.15, 0.2) is 48.6 Å². The van der Waals surface area contributed by atoms with Gasteiger partial charge in [0.25, 0.3) is 0 Å². The first kappa shape index (κ1) is 25.9. The van der Waals surface area contributed by atoms with Crippen molar-refractivity contribution in [2.75, 3.05) is 13.2 Å². The van der Waals surface area contributed by atoms with E-state index in [-0.39, 0.29) is 28.9 Å². The molecule has 0 spiro atoms. The number of aliphatic hydroxyl groups excluding tert-OH is 1. The number of aromatic nitrogens is 1. The number of aryl methyl sites for hydroxylation is 1. The molecule has 182 valence electrons. The largest absolute Gasteiger partial charge is 0.477 e. The molecule has 11 heteroatoms. The van der Waals surface area contributed by atoms with Gasteiger partial charge in [-0.05, 0) is 43.2 Å². The highest BCUT2D eigenvalue weighted by Crippen LogP contribution is 2.36. The molecule has 7 nitrogen and oxygen atoms in total. The van der Waals surface area contributed by atoms with Crippen molar-refractivity contribution in [3.05, 3.63) is 75.5 Å². The summed E-state index contributed by atoms with van der Waals surface area (Å²) < 4.78 is 34.6. The number of benzene rings is 1. The number of cyclic esters (lactones) is 1. The van der Waals surface area contributed by atoms with E-state index in [1.54, 1.807) is 12.1 Å². The van der Waals surface area contributed by atoms with Crippen molar-refractivity contribution >= 4 is 35.3 Å². The Labute approximate surface area is 204 Å². The van der Waals surface area contributed by atoms with Crippen LogP contribution in [0.1, 0.15) is 34.6 Å². The molecule has 1 saturated heterocycles. The summed E-state index contributed by atoms with van der Waals surface area (Å²) >= 11 is 11.6.